The van der Waals surface area contributed by atoms with Crippen molar-refractivity contribution in [3.63, 3.8) is 0 Å². The van der Waals surface area contributed by atoms with Gasteiger partial charge in [-0.25, -0.2) is 24.5 Å². The summed E-state index contributed by atoms with van der Waals surface area (Å²) < 4.78 is 14.1. The number of aryl methyl sites for hydroxylation is 1. The first-order chi connectivity index (χ1) is 18.2. The van der Waals surface area contributed by atoms with Crippen LogP contribution in [-0.4, -0.2) is 47.7 Å². The number of piperidine rings is 1. The van der Waals surface area contributed by atoms with Crippen LogP contribution in [0.15, 0.2) is 61.4 Å². The van der Waals surface area contributed by atoms with Gasteiger partial charge in [0.2, 0.25) is 5.88 Å². The summed E-state index contributed by atoms with van der Waals surface area (Å²) in [5, 5.41) is 12.1. The normalized spacial score (nSPS) is 20.8. The third kappa shape index (κ3) is 4.40. The molecule has 0 saturated carbocycles. The second-order valence-electron chi connectivity index (χ2n) is 9.74. The SMILES string of the molecule is Cc1cc(Nc2ncnc3cnc(OC4CC5CCC(C4)N5)cc23)ccc1Oc1ccn2ncnc2c1. The Morgan fingerprint density at radius 2 is 1.86 bits per heavy atom. The summed E-state index contributed by atoms with van der Waals surface area (Å²) in [4.78, 5) is 17.6. The van der Waals surface area contributed by atoms with Gasteiger partial charge in [-0.3, -0.25) is 0 Å². The molecule has 2 unspecified atom stereocenters. The van der Waals surface area contributed by atoms with Crippen LogP contribution in [0.5, 0.6) is 17.4 Å². The highest BCUT2D eigenvalue weighted by Crippen LogP contribution is 2.32. The summed E-state index contributed by atoms with van der Waals surface area (Å²) in [6, 6.07) is 12.7. The number of ether oxygens (including phenoxy) is 2. The molecule has 2 N–H and O–H groups in total. The molecule has 2 atom stereocenters. The van der Waals surface area contributed by atoms with Gasteiger partial charge in [0.15, 0.2) is 5.65 Å². The lowest BCUT2D eigenvalue weighted by Crippen LogP contribution is -2.42. The van der Waals surface area contributed by atoms with Gasteiger partial charge >= 0.3 is 0 Å². The fourth-order valence-electron chi connectivity index (χ4n) is 5.34. The van der Waals surface area contributed by atoms with Crippen LogP contribution >= 0.6 is 0 Å². The maximum absolute atomic E-state index is 6.30. The predicted molar refractivity (Wildman–Crippen MR) is 138 cm³/mol. The van der Waals surface area contributed by atoms with Crippen LogP contribution in [0.25, 0.3) is 16.6 Å². The van der Waals surface area contributed by atoms with Crippen molar-refractivity contribution in [3.8, 4) is 17.4 Å². The first-order valence-corrected chi connectivity index (χ1v) is 12.5. The molecule has 2 aliphatic heterocycles. The van der Waals surface area contributed by atoms with E-state index in [9.17, 15) is 0 Å². The molecule has 4 aromatic heterocycles. The molecular weight excluding hydrogens is 468 g/mol. The van der Waals surface area contributed by atoms with Gasteiger partial charge in [0.1, 0.15) is 36.1 Å². The lowest BCUT2D eigenvalue weighted by Gasteiger charge is -2.29. The zero-order valence-corrected chi connectivity index (χ0v) is 20.3. The van der Waals surface area contributed by atoms with Gasteiger partial charge in [0.25, 0.3) is 0 Å². The Morgan fingerprint density at radius 1 is 0.973 bits per heavy atom. The van der Waals surface area contributed by atoms with Crippen LogP contribution in [0.3, 0.4) is 0 Å². The molecular formula is C27H26N8O2. The van der Waals surface area contributed by atoms with Crippen molar-refractivity contribution in [3.05, 3.63) is 67.0 Å². The average molecular weight is 495 g/mol. The molecule has 2 bridgehead atoms. The Balaban J connectivity index is 1.10. The number of nitrogens with one attached hydrogen (secondary N) is 2. The molecule has 1 aromatic carbocycles. The summed E-state index contributed by atoms with van der Waals surface area (Å²) in [7, 11) is 0. The Hall–Kier alpha value is -4.31. The Morgan fingerprint density at radius 3 is 2.73 bits per heavy atom. The van der Waals surface area contributed by atoms with Gasteiger partial charge < -0.3 is 20.1 Å². The van der Waals surface area contributed by atoms with Gasteiger partial charge in [-0.15, -0.1) is 0 Å². The molecule has 5 aromatic rings. The van der Waals surface area contributed by atoms with Crippen molar-refractivity contribution >= 4 is 28.1 Å². The van der Waals surface area contributed by atoms with Crippen molar-refractivity contribution < 1.29 is 9.47 Å². The Kier molecular flexibility index (Phi) is 5.32. The number of anilines is 2. The first-order valence-electron chi connectivity index (χ1n) is 12.5. The number of fused-ring (bicyclic) bond motifs is 4. The summed E-state index contributed by atoms with van der Waals surface area (Å²) in [5.41, 5.74) is 3.37. The van der Waals surface area contributed by atoms with E-state index >= 15 is 0 Å². The van der Waals surface area contributed by atoms with E-state index in [-0.39, 0.29) is 6.10 Å². The molecule has 10 nitrogen and oxygen atoms in total. The fraction of sp³-hybridized carbons (Fsp3) is 0.296. The number of benzene rings is 1. The topological polar surface area (TPSA) is 111 Å². The largest absolute Gasteiger partial charge is 0.474 e. The van der Waals surface area contributed by atoms with Crippen molar-refractivity contribution in [1.29, 1.82) is 0 Å². The van der Waals surface area contributed by atoms with E-state index in [4.69, 9.17) is 9.47 Å². The second-order valence-corrected chi connectivity index (χ2v) is 9.74. The van der Waals surface area contributed by atoms with Gasteiger partial charge in [0.05, 0.1) is 11.7 Å². The van der Waals surface area contributed by atoms with Crippen LogP contribution in [0.4, 0.5) is 11.5 Å². The van der Waals surface area contributed by atoms with Gasteiger partial charge in [-0.1, -0.05) is 0 Å². The van der Waals surface area contributed by atoms with Crippen LogP contribution in [0.2, 0.25) is 0 Å². The molecule has 2 saturated heterocycles. The summed E-state index contributed by atoms with van der Waals surface area (Å²) >= 11 is 0. The van der Waals surface area contributed by atoms with E-state index in [0.29, 0.717) is 29.5 Å². The molecule has 0 spiro atoms. The molecule has 6 heterocycles. The minimum absolute atomic E-state index is 0.186. The van der Waals surface area contributed by atoms with E-state index in [0.717, 1.165) is 46.4 Å². The molecule has 10 heteroatoms. The highest BCUT2D eigenvalue weighted by Gasteiger charge is 2.34. The van der Waals surface area contributed by atoms with Crippen molar-refractivity contribution in [2.24, 2.45) is 0 Å². The van der Waals surface area contributed by atoms with E-state index in [1.165, 1.54) is 19.2 Å². The van der Waals surface area contributed by atoms with Crippen molar-refractivity contribution in [1.82, 2.24) is 34.9 Å². The number of pyridine rings is 2. The fourth-order valence-corrected chi connectivity index (χ4v) is 5.34. The molecule has 37 heavy (non-hydrogen) atoms. The molecule has 2 fully saturated rings. The summed E-state index contributed by atoms with van der Waals surface area (Å²) in [6.07, 6.45) is 11.3. The third-order valence-corrected chi connectivity index (χ3v) is 7.13. The Labute approximate surface area is 213 Å². The zero-order chi connectivity index (χ0) is 24.8. The van der Waals surface area contributed by atoms with Crippen LogP contribution in [0, 0.1) is 6.92 Å². The highest BCUT2D eigenvalue weighted by molar-refractivity contribution is 5.90. The molecule has 7 rings (SSSR count). The Bertz CT molecular complexity index is 1590. The molecule has 0 amide bonds. The number of hydrogen-bond donors (Lipinski definition) is 2. The smallest absolute Gasteiger partial charge is 0.214 e. The summed E-state index contributed by atoms with van der Waals surface area (Å²) in [5.74, 6) is 2.78. The third-order valence-electron chi connectivity index (χ3n) is 7.13. The van der Waals surface area contributed by atoms with E-state index in [2.05, 4.69) is 35.7 Å². The van der Waals surface area contributed by atoms with Crippen LogP contribution in [-0.2, 0) is 0 Å². The minimum atomic E-state index is 0.186. The van der Waals surface area contributed by atoms with Crippen molar-refractivity contribution in [2.75, 3.05) is 5.32 Å². The van der Waals surface area contributed by atoms with E-state index < -0.39 is 0 Å². The molecule has 0 aliphatic carbocycles. The molecule has 2 aliphatic rings. The number of rotatable bonds is 6. The van der Waals surface area contributed by atoms with Crippen molar-refractivity contribution in [2.45, 2.75) is 50.8 Å². The lowest BCUT2D eigenvalue weighted by molar-refractivity contribution is 0.132. The highest BCUT2D eigenvalue weighted by atomic mass is 16.5. The first kappa shape index (κ1) is 21.9. The van der Waals surface area contributed by atoms with Gasteiger partial charge in [-0.05, 0) is 62.4 Å². The average Bonchev–Trinajstić information content (AvgIpc) is 3.51. The quantitative estimate of drug-likeness (QED) is 0.350. The van der Waals surface area contributed by atoms with E-state index in [1.54, 1.807) is 17.0 Å². The number of aromatic nitrogens is 6. The van der Waals surface area contributed by atoms with Crippen LogP contribution in [0.1, 0.15) is 31.2 Å². The van der Waals surface area contributed by atoms with Crippen LogP contribution < -0.4 is 20.1 Å². The summed E-state index contributed by atoms with van der Waals surface area (Å²) in [6.45, 7) is 2.01. The van der Waals surface area contributed by atoms with Gasteiger partial charge in [-0.2, -0.15) is 5.10 Å². The minimum Gasteiger partial charge on any atom is -0.474 e. The van der Waals surface area contributed by atoms with E-state index in [1.807, 2.05) is 49.5 Å². The second kappa shape index (κ2) is 8.97. The predicted octanol–water partition coefficient (Wildman–Crippen LogP) is 4.57. The maximum atomic E-state index is 6.30. The van der Waals surface area contributed by atoms with Gasteiger partial charge in [0, 0.05) is 41.5 Å². The zero-order valence-electron chi connectivity index (χ0n) is 20.3. The standard InChI is InChI=1S/C27H26N8O2/c1-16-8-17(4-5-24(16)36-20-6-7-35-25(11-20)30-15-32-35)34-27-22-12-26(28-13-23(22)29-14-31-27)37-21-9-18-2-3-19(10-21)33-18/h4-8,11-15,18-19,21,33H,2-3,9-10H2,1H3,(H,29,31,34). The number of hydrogen-bond acceptors (Lipinski definition) is 9. The lowest BCUT2D eigenvalue weighted by atomic mass is 10.0. The number of nitrogens with zero attached hydrogens (tertiary/aromatic N) is 6. The molecule has 186 valence electrons. The molecule has 0 radical (unpaired) electrons. The monoisotopic (exact) mass is 494 g/mol. The maximum Gasteiger partial charge on any atom is 0.214 e.